The van der Waals surface area contributed by atoms with Gasteiger partial charge in [-0.25, -0.2) is 0 Å². The first-order chi connectivity index (χ1) is 27.3. The van der Waals surface area contributed by atoms with Crippen LogP contribution in [0.15, 0.2) is 24.3 Å². The van der Waals surface area contributed by atoms with Gasteiger partial charge in [0.1, 0.15) is 30.5 Å². The van der Waals surface area contributed by atoms with E-state index in [0.717, 1.165) is 12.8 Å². The van der Waals surface area contributed by atoms with Crippen molar-refractivity contribution in [3.05, 3.63) is 24.3 Å². The fourth-order valence-corrected chi connectivity index (χ4v) is 9.15. The van der Waals surface area contributed by atoms with E-state index < -0.39 is 85.1 Å². The average Bonchev–Trinajstić information content (AvgIpc) is 3.13. The number of hydrogen-bond acceptors (Lipinski definition) is 15. The second kappa shape index (κ2) is 22.0. The standard InChI is InChI=1S/C43H76N2O13/c1-13-29-21-24(2)32(56-34-20-19-30(44(8)9)26(4)53-34)18-16-14-15-17-25(3)52-33(47)22-31(46)40(51-12)39(29)58-42-37(48)36(45(10)11)38(27(5)55-42)57-35-23-43(7,50)41(49)28(6)54-35/h14-16,18,24-32,34-42,46,48-50H,13,17,19-23H2,1-12H3/t24-,25-,26?,27?,28?,29+,30?,31?,32?,34?,35?,36?,37?,38?,39+,40+,41?,42?,43?/m1/s1. The van der Waals surface area contributed by atoms with Crippen LogP contribution in [0.5, 0.6) is 0 Å². The maximum Gasteiger partial charge on any atom is 0.308 e. The van der Waals surface area contributed by atoms with E-state index in [4.69, 9.17) is 37.9 Å². The summed E-state index contributed by atoms with van der Waals surface area (Å²) in [6.07, 6.45) is 0.174. The lowest BCUT2D eigenvalue weighted by atomic mass is 9.82. The maximum absolute atomic E-state index is 13.1. The van der Waals surface area contributed by atoms with Crippen LogP contribution in [0.3, 0.4) is 0 Å². The van der Waals surface area contributed by atoms with E-state index in [1.807, 2.05) is 57.1 Å². The molecule has 0 spiro atoms. The Balaban J connectivity index is 1.63. The fourth-order valence-electron chi connectivity index (χ4n) is 9.15. The molecule has 0 amide bonds. The molecule has 4 rings (SSSR count). The van der Waals surface area contributed by atoms with Gasteiger partial charge in [0.05, 0.1) is 54.7 Å². The summed E-state index contributed by atoms with van der Waals surface area (Å²) < 4.78 is 50.4. The highest BCUT2D eigenvalue weighted by molar-refractivity contribution is 5.70. The summed E-state index contributed by atoms with van der Waals surface area (Å²) in [5.74, 6) is -0.888. The second-order valence-corrected chi connectivity index (χ2v) is 17.8. The second-order valence-electron chi connectivity index (χ2n) is 17.8. The van der Waals surface area contributed by atoms with Crippen LogP contribution < -0.4 is 0 Å². The van der Waals surface area contributed by atoms with Crippen molar-refractivity contribution in [2.24, 2.45) is 11.8 Å². The van der Waals surface area contributed by atoms with Gasteiger partial charge in [-0.2, -0.15) is 0 Å². The Kier molecular flexibility index (Phi) is 18.6. The van der Waals surface area contributed by atoms with E-state index in [2.05, 4.69) is 32.8 Å². The fraction of sp³-hybridized carbons (Fsp3) is 0.884. The van der Waals surface area contributed by atoms with Crippen molar-refractivity contribution in [2.45, 2.75) is 197 Å². The molecule has 19 atom stereocenters. The van der Waals surface area contributed by atoms with Gasteiger partial charge in [-0.3, -0.25) is 4.79 Å². The van der Waals surface area contributed by atoms with Crippen molar-refractivity contribution in [3.8, 4) is 0 Å². The number of methoxy groups -OCH3 is 1. The van der Waals surface area contributed by atoms with Gasteiger partial charge in [0, 0.05) is 26.0 Å². The SMILES string of the molecule is CC[C@H]1C[C@@H](C)C(OC2CCC(N(C)C)C(C)O2)C=CC=CC[C@@H](C)OC(=O)CC(O)[C@H](OC)[C@H]1OC1OC(C)C(OC2CC(C)(O)C(O)C(C)O2)C(N(C)C)C1O. The number of aliphatic hydroxyl groups excluding tert-OH is 3. The third-order valence-corrected chi connectivity index (χ3v) is 12.5. The third kappa shape index (κ3) is 12.7. The zero-order valence-electron chi connectivity index (χ0n) is 37.0. The Bertz CT molecular complexity index is 1320. The van der Waals surface area contributed by atoms with E-state index in [-0.39, 0.29) is 43.2 Å². The molecular formula is C43H76N2O13. The van der Waals surface area contributed by atoms with Crippen LogP contribution >= 0.6 is 0 Å². The summed E-state index contributed by atoms with van der Waals surface area (Å²) in [4.78, 5) is 17.1. The zero-order chi connectivity index (χ0) is 43.1. The summed E-state index contributed by atoms with van der Waals surface area (Å²) in [5.41, 5.74) is -1.44. The van der Waals surface area contributed by atoms with Crippen molar-refractivity contribution < 1.29 is 63.1 Å². The quantitative estimate of drug-likeness (QED) is 0.236. The molecule has 3 fully saturated rings. The van der Waals surface area contributed by atoms with Crippen LogP contribution in [-0.4, -0.2) is 175 Å². The van der Waals surface area contributed by atoms with E-state index in [1.165, 1.54) is 7.11 Å². The molecule has 0 bridgehead atoms. The lowest BCUT2D eigenvalue weighted by molar-refractivity contribution is -0.344. The molecule has 4 heterocycles. The first-order valence-electron chi connectivity index (χ1n) is 21.4. The summed E-state index contributed by atoms with van der Waals surface area (Å²) in [5, 5.41) is 45.1. The lowest BCUT2D eigenvalue weighted by Gasteiger charge is -2.50. The molecule has 0 aromatic carbocycles. The number of aliphatic hydroxyl groups is 4. The number of cyclic esters (lactones) is 1. The summed E-state index contributed by atoms with van der Waals surface area (Å²) in [7, 11) is 9.24. The molecule has 14 unspecified atom stereocenters. The van der Waals surface area contributed by atoms with Gasteiger partial charge in [-0.05, 0) is 93.9 Å². The van der Waals surface area contributed by atoms with Crippen LogP contribution in [0, 0.1) is 11.8 Å². The molecular weight excluding hydrogens is 752 g/mol. The largest absolute Gasteiger partial charge is 0.462 e. The Morgan fingerprint density at radius 1 is 0.845 bits per heavy atom. The van der Waals surface area contributed by atoms with Gasteiger partial charge in [0.2, 0.25) is 0 Å². The van der Waals surface area contributed by atoms with E-state index in [9.17, 15) is 25.2 Å². The van der Waals surface area contributed by atoms with Crippen LogP contribution in [0.25, 0.3) is 0 Å². The number of rotatable bonds is 10. The summed E-state index contributed by atoms with van der Waals surface area (Å²) in [6.45, 7) is 13.1. The average molecular weight is 829 g/mol. The molecule has 4 aliphatic heterocycles. The topological polar surface area (TPSA) is 178 Å². The maximum atomic E-state index is 13.1. The molecule has 0 aliphatic carbocycles. The molecule has 3 saturated heterocycles. The predicted molar refractivity (Wildman–Crippen MR) is 216 cm³/mol. The molecule has 0 aromatic rings. The van der Waals surface area contributed by atoms with E-state index in [1.54, 1.807) is 20.8 Å². The number of nitrogens with zero attached hydrogens (tertiary/aromatic N) is 2. The van der Waals surface area contributed by atoms with Crippen LogP contribution in [-0.2, 0) is 42.7 Å². The summed E-state index contributed by atoms with van der Waals surface area (Å²) >= 11 is 0. The Labute approximate surface area is 346 Å². The number of hydrogen-bond donors (Lipinski definition) is 4. The smallest absolute Gasteiger partial charge is 0.308 e. The van der Waals surface area contributed by atoms with Crippen LogP contribution in [0.4, 0.5) is 0 Å². The van der Waals surface area contributed by atoms with Crippen molar-refractivity contribution in [1.82, 2.24) is 9.80 Å². The number of esters is 1. The minimum atomic E-state index is -1.44. The molecule has 4 aliphatic rings. The van der Waals surface area contributed by atoms with Gasteiger partial charge in [0.25, 0.3) is 0 Å². The number of allylic oxidation sites excluding steroid dienone is 2. The minimum absolute atomic E-state index is 0.00438. The zero-order valence-corrected chi connectivity index (χ0v) is 37.0. The third-order valence-electron chi connectivity index (χ3n) is 12.5. The van der Waals surface area contributed by atoms with Crippen LogP contribution in [0.2, 0.25) is 0 Å². The first kappa shape index (κ1) is 49.1. The predicted octanol–water partition coefficient (Wildman–Crippen LogP) is 3.15. The lowest BCUT2D eigenvalue weighted by Crippen LogP contribution is -2.65. The first-order valence-corrected chi connectivity index (χ1v) is 21.4. The molecule has 0 saturated carbocycles. The molecule has 15 heteroatoms. The molecule has 0 radical (unpaired) electrons. The van der Waals surface area contributed by atoms with E-state index in [0.29, 0.717) is 25.3 Å². The number of carbonyl (C=O) groups is 1. The van der Waals surface area contributed by atoms with Crippen molar-refractivity contribution in [3.63, 3.8) is 0 Å². The number of carbonyl (C=O) groups excluding carboxylic acids is 1. The van der Waals surface area contributed by atoms with Crippen molar-refractivity contribution in [1.29, 1.82) is 0 Å². The Morgan fingerprint density at radius 3 is 2.14 bits per heavy atom. The minimum Gasteiger partial charge on any atom is -0.462 e. The number of likely N-dealkylation sites (N-methyl/N-ethyl adjacent to an activating group) is 2. The Morgan fingerprint density at radius 2 is 1.53 bits per heavy atom. The van der Waals surface area contributed by atoms with Gasteiger partial charge in [-0.1, -0.05) is 44.6 Å². The van der Waals surface area contributed by atoms with Crippen LogP contribution in [0.1, 0.15) is 93.4 Å². The Hall–Kier alpha value is -1.57. The molecule has 4 N–H and O–H groups in total. The highest BCUT2D eigenvalue weighted by Crippen LogP contribution is 2.37. The van der Waals surface area contributed by atoms with Gasteiger partial charge in [-0.15, -0.1) is 0 Å². The molecule has 336 valence electrons. The molecule has 0 aromatic heterocycles. The van der Waals surface area contributed by atoms with Gasteiger partial charge >= 0.3 is 5.97 Å². The van der Waals surface area contributed by atoms with Crippen molar-refractivity contribution >= 4 is 5.97 Å². The molecule has 58 heavy (non-hydrogen) atoms. The highest BCUT2D eigenvalue weighted by Gasteiger charge is 2.51. The number of ether oxygens (including phenoxy) is 8. The van der Waals surface area contributed by atoms with Gasteiger partial charge in [0.15, 0.2) is 18.9 Å². The highest BCUT2D eigenvalue weighted by atomic mass is 16.7. The molecule has 15 nitrogen and oxygen atoms in total. The van der Waals surface area contributed by atoms with Gasteiger partial charge < -0.3 is 68.1 Å². The summed E-state index contributed by atoms with van der Waals surface area (Å²) in [6, 6.07) is -0.356. The monoisotopic (exact) mass is 829 g/mol. The normalized spacial score (nSPS) is 45.4. The van der Waals surface area contributed by atoms with Crippen molar-refractivity contribution in [2.75, 3.05) is 35.3 Å². The van der Waals surface area contributed by atoms with E-state index >= 15 is 0 Å².